The van der Waals surface area contributed by atoms with Gasteiger partial charge in [0, 0.05) is 5.56 Å². The van der Waals surface area contributed by atoms with Crippen molar-refractivity contribution in [3.8, 4) is 16.9 Å². The summed E-state index contributed by atoms with van der Waals surface area (Å²) < 4.78 is 5.29. The summed E-state index contributed by atoms with van der Waals surface area (Å²) in [5.41, 5.74) is 2.60. The molecule has 0 aliphatic rings. The van der Waals surface area contributed by atoms with Gasteiger partial charge in [-0.1, -0.05) is 66.2 Å². The molecular formula is C20H15ClO3. The van der Waals surface area contributed by atoms with Gasteiger partial charge in [-0.3, -0.25) is 0 Å². The molecule has 0 aliphatic carbocycles. The highest BCUT2D eigenvalue weighted by Gasteiger charge is 2.14. The van der Waals surface area contributed by atoms with Gasteiger partial charge >= 0.3 is 5.97 Å². The quantitative estimate of drug-likeness (QED) is 0.675. The first-order valence-electron chi connectivity index (χ1n) is 7.44. The molecule has 1 N–H and O–H groups in total. The van der Waals surface area contributed by atoms with Gasteiger partial charge in [0.2, 0.25) is 0 Å². The Morgan fingerprint density at radius 3 is 2.38 bits per heavy atom. The lowest BCUT2D eigenvalue weighted by Gasteiger charge is -2.09. The van der Waals surface area contributed by atoms with Gasteiger partial charge in [-0.25, -0.2) is 4.79 Å². The highest BCUT2D eigenvalue weighted by Crippen LogP contribution is 2.31. The molecule has 0 atom stereocenters. The van der Waals surface area contributed by atoms with Crippen molar-refractivity contribution in [1.29, 1.82) is 0 Å². The number of hydrogen-bond donors (Lipinski definition) is 1. The lowest BCUT2D eigenvalue weighted by atomic mass is 10.0. The van der Waals surface area contributed by atoms with Crippen LogP contribution in [0.1, 0.15) is 15.9 Å². The Morgan fingerprint density at radius 1 is 0.958 bits per heavy atom. The van der Waals surface area contributed by atoms with E-state index in [1.165, 1.54) is 0 Å². The minimum atomic E-state index is -0.479. The minimum Gasteiger partial charge on any atom is -0.507 e. The van der Waals surface area contributed by atoms with Crippen LogP contribution < -0.4 is 0 Å². The number of carbonyl (C=O) groups excluding carboxylic acids is 1. The molecule has 0 bridgehead atoms. The Bertz CT molecular complexity index is 860. The van der Waals surface area contributed by atoms with Gasteiger partial charge in [-0.15, -0.1) is 0 Å². The van der Waals surface area contributed by atoms with E-state index in [-0.39, 0.29) is 17.4 Å². The van der Waals surface area contributed by atoms with Crippen molar-refractivity contribution in [3.63, 3.8) is 0 Å². The van der Waals surface area contributed by atoms with Gasteiger partial charge in [0.05, 0.1) is 10.6 Å². The average Bonchev–Trinajstić information content (AvgIpc) is 2.61. The molecule has 3 rings (SSSR count). The highest BCUT2D eigenvalue weighted by atomic mass is 35.5. The number of phenols is 1. The van der Waals surface area contributed by atoms with E-state index >= 15 is 0 Å². The number of aromatic hydroxyl groups is 1. The van der Waals surface area contributed by atoms with Crippen LogP contribution in [0.4, 0.5) is 0 Å². The van der Waals surface area contributed by atoms with Crippen molar-refractivity contribution in [2.24, 2.45) is 0 Å². The summed E-state index contributed by atoms with van der Waals surface area (Å²) in [5, 5.41) is 10.2. The molecule has 0 aromatic heterocycles. The molecule has 0 saturated carbocycles. The van der Waals surface area contributed by atoms with E-state index < -0.39 is 5.97 Å². The molecule has 3 aromatic rings. The van der Waals surface area contributed by atoms with Gasteiger partial charge in [0.1, 0.15) is 12.4 Å². The first-order chi connectivity index (χ1) is 11.6. The molecule has 4 heteroatoms. The van der Waals surface area contributed by atoms with E-state index in [1.54, 1.807) is 36.4 Å². The fourth-order valence-corrected chi connectivity index (χ4v) is 2.62. The lowest BCUT2D eigenvalue weighted by molar-refractivity contribution is 0.0473. The zero-order valence-corrected chi connectivity index (χ0v) is 13.5. The number of hydrogen-bond acceptors (Lipinski definition) is 3. The Morgan fingerprint density at radius 2 is 1.67 bits per heavy atom. The molecule has 0 fully saturated rings. The molecule has 24 heavy (non-hydrogen) atoms. The molecule has 0 amide bonds. The number of benzene rings is 3. The number of carbonyl (C=O) groups is 1. The second-order valence-electron chi connectivity index (χ2n) is 5.27. The summed E-state index contributed by atoms with van der Waals surface area (Å²) in [6, 6.07) is 21.4. The lowest BCUT2D eigenvalue weighted by Crippen LogP contribution is -2.06. The molecular weight excluding hydrogens is 324 g/mol. The van der Waals surface area contributed by atoms with Crippen LogP contribution in [-0.2, 0) is 11.3 Å². The van der Waals surface area contributed by atoms with E-state index in [4.69, 9.17) is 16.3 Å². The van der Waals surface area contributed by atoms with Crippen molar-refractivity contribution in [2.45, 2.75) is 6.61 Å². The normalized spacial score (nSPS) is 10.4. The molecule has 0 unspecified atom stereocenters. The molecule has 0 spiro atoms. The van der Waals surface area contributed by atoms with Crippen LogP contribution in [0.3, 0.4) is 0 Å². The summed E-state index contributed by atoms with van der Waals surface area (Å²) in [4.78, 5) is 12.2. The molecule has 0 saturated heterocycles. The van der Waals surface area contributed by atoms with E-state index in [2.05, 4.69) is 0 Å². The summed E-state index contributed by atoms with van der Waals surface area (Å²) >= 11 is 6.23. The van der Waals surface area contributed by atoms with Crippen molar-refractivity contribution in [2.75, 3.05) is 0 Å². The number of phenolic OH excluding ortho intramolecular Hbond substituents is 1. The Kier molecular flexibility index (Phi) is 4.82. The molecule has 120 valence electrons. The predicted molar refractivity (Wildman–Crippen MR) is 94.1 cm³/mol. The monoisotopic (exact) mass is 338 g/mol. The van der Waals surface area contributed by atoms with Crippen LogP contribution in [0.15, 0.2) is 72.8 Å². The second-order valence-corrected chi connectivity index (χ2v) is 5.68. The Hall–Kier alpha value is -2.78. The van der Waals surface area contributed by atoms with Gasteiger partial charge in [0.15, 0.2) is 0 Å². The van der Waals surface area contributed by atoms with Crippen molar-refractivity contribution >= 4 is 17.6 Å². The average molecular weight is 339 g/mol. The number of halogens is 1. The fraction of sp³-hybridized carbons (Fsp3) is 0.0500. The maximum absolute atomic E-state index is 12.2. The van der Waals surface area contributed by atoms with Crippen LogP contribution in [-0.4, -0.2) is 11.1 Å². The topological polar surface area (TPSA) is 46.5 Å². The summed E-state index contributed by atoms with van der Waals surface area (Å²) in [6.07, 6.45) is 0. The smallest absolute Gasteiger partial charge is 0.339 e. The minimum absolute atomic E-state index is 0.160. The van der Waals surface area contributed by atoms with Crippen LogP contribution in [0.25, 0.3) is 11.1 Å². The Labute approximate surface area is 145 Å². The summed E-state index contributed by atoms with van der Waals surface area (Å²) in [7, 11) is 0. The zero-order chi connectivity index (χ0) is 16.9. The van der Waals surface area contributed by atoms with Crippen LogP contribution >= 0.6 is 11.6 Å². The highest BCUT2D eigenvalue weighted by molar-refractivity contribution is 6.33. The SMILES string of the molecule is O=C(OCc1ccccc1)c1ccc(-c2ccccc2O)cc1Cl. The third kappa shape index (κ3) is 3.58. The zero-order valence-electron chi connectivity index (χ0n) is 12.8. The van der Waals surface area contributed by atoms with Crippen LogP contribution in [0, 0.1) is 0 Å². The maximum Gasteiger partial charge on any atom is 0.339 e. The molecule has 0 heterocycles. The molecule has 3 nitrogen and oxygen atoms in total. The number of esters is 1. The number of ether oxygens (including phenoxy) is 1. The summed E-state index contributed by atoms with van der Waals surface area (Å²) in [6.45, 7) is 0.192. The first kappa shape index (κ1) is 16.1. The first-order valence-corrected chi connectivity index (χ1v) is 7.82. The molecule has 3 aromatic carbocycles. The van der Waals surface area contributed by atoms with Crippen LogP contribution in [0.5, 0.6) is 5.75 Å². The number of rotatable bonds is 4. The van der Waals surface area contributed by atoms with Crippen molar-refractivity contribution in [1.82, 2.24) is 0 Å². The molecule has 0 radical (unpaired) electrons. The fourth-order valence-electron chi connectivity index (χ4n) is 2.37. The third-order valence-electron chi connectivity index (χ3n) is 3.62. The van der Waals surface area contributed by atoms with E-state index in [0.717, 1.165) is 11.1 Å². The largest absolute Gasteiger partial charge is 0.507 e. The van der Waals surface area contributed by atoms with E-state index in [0.29, 0.717) is 11.1 Å². The van der Waals surface area contributed by atoms with Gasteiger partial charge < -0.3 is 9.84 Å². The summed E-state index contributed by atoms with van der Waals surface area (Å²) in [5.74, 6) is -0.319. The predicted octanol–water partition coefficient (Wildman–Crippen LogP) is 5.07. The van der Waals surface area contributed by atoms with Crippen LogP contribution in [0.2, 0.25) is 5.02 Å². The van der Waals surface area contributed by atoms with Crippen molar-refractivity contribution < 1.29 is 14.6 Å². The number of para-hydroxylation sites is 1. The molecule has 0 aliphatic heterocycles. The Balaban J connectivity index is 1.77. The van der Waals surface area contributed by atoms with Crippen molar-refractivity contribution in [3.05, 3.63) is 88.9 Å². The second kappa shape index (κ2) is 7.20. The van der Waals surface area contributed by atoms with E-state index in [9.17, 15) is 9.90 Å². The van der Waals surface area contributed by atoms with E-state index in [1.807, 2.05) is 36.4 Å². The van der Waals surface area contributed by atoms with Gasteiger partial charge in [-0.05, 0) is 29.3 Å². The van der Waals surface area contributed by atoms with Gasteiger partial charge in [0.25, 0.3) is 0 Å². The standard InChI is InChI=1S/C20H15ClO3/c21-18-12-15(16-8-4-5-9-19(16)22)10-11-17(18)20(23)24-13-14-6-2-1-3-7-14/h1-12,22H,13H2. The maximum atomic E-state index is 12.2. The third-order valence-corrected chi connectivity index (χ3v) is 3.93. The van der Waals surface area contributed by atoms with Gasteiger partial charge in [-0.2, -0.15) is 0 Å².